The highest BCUT2D eigenvalue weighted by Gasteiger charge is 2.25. The number of H-pyrrole nitrogens is 1. The first-order valence-electron chi connectivity index (χ1n) is 10.5. The minimum atomic E-state index is 0.119. The van der Waals surface area contributed by atoms with Crippen LogP contribution in [0.25, 0.3) is 10.9 Å². The summed E-state index contributed by atoms with van der Waals surface area (Å²) in [4.78, 5) is 3.63. The predicted molar refractivity (Wildman–Crippen MR) is 120 cm³/mol. The number of hydrogen-bond acceptors (Lipinski definition) is 3. The van der Waals surface area contributed by atoms with Crippen LogP contribution in [0.3, 0.4) is 0 Å². The molecule has 0 fully saturated rings. The number of ether oxygens (including phenoxy) is 2. The molecule has 0 aliphatic carbocycles. The van der Waals surface area contributed by atoms with Crippen molar-refractivity contribution in [1.29, 1.82) is 0 Å². The summed E-state index contributed by atoms with van der Waals surface area (Å²) in [5.74, 6) is 1.55. The molecule has 0 amide bonds. The van der Waals surface area contributed by atoms with Crippen LogP contribution >= 0.6 is 0 Å². The first-order valence-corrected chi connectivity index (χ1v) is 10.5. The van der Waals surface area contributed by atoms with E-state index in [4.69, 9.17) is 9.47 Å². The van der Waals surface area contributed by atoms with Gasteiger partial charge < -0.3 is 19.8 Å². The molecule has 0 bridgehead atoms. The van der Waals surface area contributed by atoms with Crippen LogP contribution in [0.5, 0.6) is 11.5 Å². The Kier molecular flexibility index (Phi) is 5.16. The van der Waals surface area contributed by atoms with E-state index in [1.165, 1.54) is 33.3 Å². The molecule has 1 aromatic heterocycles. The fourth-order valence-electron chi connectivity index (χ4n) is 4.37. The molecule has 30 heavy (non-hydrogen) atoms. The highest BCUT2D eigenvalue weighted by atomic mass is 16.5. The monoisotopic (exact) mass is 398 g/mol. The van der Waals surface area contributed by atoms with Crippen molar-refractivity contribution in [2.45, 2.75) is 18.9 Å². The molecule has 1 atom stereocenters. The summed E-state index contributed by atoms with van der Waals surface area (Å²) in [6.07, 6.45) is 1.90. The molecule has 4 nitrogen and oxygen atoms in total. The molecule has 0 radical (unpaired) electrons. The van der Waals surface area contributed by atoms with Crippen LogP contribution in [0.15, 0.2) is 72.8 Å². The quantitative estimate of drug-likeness (QED) is 0.479. The Hall–Kier alpha value is -3.24. The molecule has 152 valence electrons. The van der Waals surface area contributed by atoms with Gasteiger partial charge in [-0.05, 0) is 41.3 Å². The van der Waals surface area contributed by atoms with E-state index >= 15 is 0 Å². The first kappa shape index (κ1) is 18.8. The fourth-order valence-corrected chi connectivity index (χ4v) is 4.37. The summed E-state index contributed by atoms with van der Waals surface area (Å²) < 4.78 is 11.7. The van der Waals surface area contributed by atoms with Gasteiger partial charge in [0.15, 0.2) is 11.5 Å². The van der Waals surface area contributed by atoms with Crippen molar-refractivity contribution in [3.63, 3.8) is 0 Å². The lowest BCUT2D eigenvalue weighted by Gasteiger charge is -2.25. The number of hydrogen-bond donors (Lipinski definition) is 2. The number of para-hydroxylation sites is 1. The maximum Gasteiger partial charge on any atom is 0.161 e. The predicted octanol–water partition coefficient (Wildman–Crippen LogP) is 5.03. The molecule has 5 rings (SSSR count). The maximum absolute atomic E-state index is 6.04. The topological polar surface area (TPSA) is 46.3 Å². The van der Waals surface area contributed by atoms with Crippen LogP contribution < -0.4 is 14.8 Å². The van der Waals surface area contributed by atoms with Gasteiger partial charge in [0.25, 0.3) is 0 Å². The zero-order valence-electron chi connectivity index (χ0n) is 17.2. The van der Waals surface area contributed by atoms with Gasteiger partial charge in [0.2, 0.25) is 0 Å². The summed E-state index contributed by atoms with van der Waals surface area (Å²) in [7, 11) is 1.70. The Morgan fingerprint density at radius 2 is 1.77 bits per heavy atom. The molecular weight excluding hydrogens is 372 g/mol. The Bertz CT molecular complexity index is 1150. The summed E-state index contributed by atoms with van der Waals surface area (Å²) in [6.45, 7) is 1.57. The van der Waals surface area contributed by atoms with Gasteiger partial charge in [0, 0.05) is 29.6 Å². The van der Waals surface area contributed by atoms with Gasteiger partial charge in [-0.3, -0.25) is 0 Å². The minimum absolute atomic E-state index is 0.119. The maximum atomic E-state index is 6.04. The van der Waals surface area contributed by atoms with Gasteiger partial charge in [-0.2, -0.15) is 0 Å². The molecule has 1 aliphatic rings. The number of fused-ring (bicyclic) bond motifs is 3. The first-order chi connectivity index (χ1) is 14.8. The van der Waals surface area contributed by atoms with Crippen molar-refractivity contribution in [3.05, 3.63) is 95.2 Å². The van der Waals surface area contributed by atoms with E-state index in [9.17, 15) is 0 Å². The number of aromatic amines is 1. The van der Waals surface area contributed by atoms with Gasteiger partial charge in [-0.15, -0.1) is 0 Å². The third-order valence-corrected chi connectivity index (χ3v) is 5.87. The molecule has 3 aromatic carbocycles. The van der Waals surface area contributed by atoms with Gasteiger partial charge in [0.1, 0.15) is 0 Å². The van der Waals surface area contributed by atoms with E-state index in [1.54, 1.807) is 7.11 Å². The zero-order valence-corrected chi connectivity index (χ0v) is 17.2. The minimum Gasteiger partial charge on any atom is -0.493 e. The van der Waals surface area contributed by atoms with Crippen LogP contribution in [0.4, 0.5) is 0 Å². The van der Waals surface area contributed by atoms with Crippen LogP contribution in [-0.2, 0) is 12.8 Å². The third-order valence-electron chi connectivity index (χ3n) is 5.87. The summed E-state index contributed by atoms with van der Waals surface area (Å²) >= 11 is 0. The lowest BCUT2D eigenvalue weighted by Crippen LogP contribution is -2.30. The van der Waals surface area contributed by atoms with Crippen molar-refractivity contribution >= 4 is 10.9 Å². The molecule has 0 saturated carbocycles. The van der Waals surface area contributed by atoms with E-state index in [2.05, 4.69) is 71.0 Å². The number of benzene rings is 3. The van der Waals surface area contributed by atoms with Crippen molar-refractivity contribution in [3.8, 4) is 11.5 Å². The average molecular weight is 399 g/mol. The molecular formula is C26H26N2O2. The second-order valence-corrected chi connectivity index (χ2v) is 7.69. The van der Waals surface area contributed by atoms with Gasteiger partial charge in [-0.1, -0.05) is 54.6 Å². The molecule has 4 aromatic rings. The summed E-state index contributed by atoms with van der Waals surface area (Å²) in [5, 5.41) is 4.99. The largest absolute Gasteiger partial charge is 0.493 e. The van der Waals surface area contributed by atoms with Crippen LogP contribution in [-0.4, -0.2) is 25.2 Å². The molecule has 2 N–H and O–H groups in total. The molecule has 1 aliphatic heterocycles. The highest BCUT2D eigenvalue weighted by molar-refractivity contribution is 5.85. The van der Waals surface area contributed by atoms with E-state index in [0.717, 1.165) is 30.9 Å². The highest BCUT2D eigenvalue weighted by Crippen LogP contribution is 2.37. The summed E-state index contributed by atoms with van der Waals surface area (Å²) in [5.41, 5.74) is 6.31. The van der Waals surface area contributed by atoms with E-state index < -0.39 is 0 Å². The second-order valence-electron chi connectivity index (χ2n) is 7.69. The van der Waals surface area contributed by atoms with Crippen molar-refractivity contribution in [1.82, 2.24) is 10.3 Å². The Balaban J connectivity index is 1.38. The van der Waals surface area contributed by atoms with Gasteiger partial charge >= 0.3 is 0 Å². The number of aromatic nitrogens is 1. The molecule has 2 heterocycles. The molecule has 1 unspecified atom stereocenters. The van der Waals surface area contributed by atoms with Crippen LogP contribution in [0.2, 0.25) is 0 Å². The van der Waals surface area contributed by atoms with Crippen LogP contribution in [0.1, 0.15) is 28.4 Å². The smallest absolute Gasteiger partial charge is 0.161 e. The average Bonchev–Trinajstić information content (AvgIpc) is 3.19. The normalized spacial score (nSPS) is 15.7. The van der Waals surface area contributed by atoms with Gasteiger partial charge in [-0.25, -0.2) is 0 Å². The number of methoxy groups -OCH3 is 1. The Labute approximate surface area is 176 Å². The SMILES string of the molecule is COc1cc(C2NCCc3c2[nH]c2ccccc32)ccc1OCCc1ccccc1. The van der Waals surface area contributed by atoms with Crippen molar-refractivity contribution in [2.24, 2.45) is 0 Å². The number of rotatable bonds is 6. The lowest BCUT2D eigenvalue weighted by molar-refractivity contribution is 0.297. The Morgan fingerprint density at radius 1 is 0.933 bits per heavy atom. The van der Waals surface area contributed by atoms with E-state index in [-0.39, 0.29) is 6.04 Å². The second kappa shape index (κ2) is 8.25. The number of nitrogens with one attached hydrogen (secondary N) is 2. The van der Waals surface area contributed by atoms with Crippen molar-refractivity contribution < 1.29 is 9.47 Å². The van der Waals surface area contributed by atoms with Crippen LogP contribution in [0, 0.1) is 0 Å². The third kappa shape index (κ3) is 3.55. The zero-order chi connectivity index (χ0) is 20.3. The van der Waals surface area contributed by atoms with Crippen molar-refractivity contribution in [2.75, 3.05) is 20.3 Å². The standard InChI is InChI=1S/C26H26N2O2/c1-29-24-17-19(11-12-23(24)30-16-14-18-7-3-2-4-8-18)25-26-21(13-15-27-25)20-9-5-6-10-22(20)28-26/h2-12,17,25,27-28H,13-16H2,1H3. The Morgan fingerprint density at radius 3 is 2.63 bits per heavy atom. The fraction of sp³-hybridized carbons (Fsp3) is 0.231. The summed E-state index contributed by atoms with van der Waals surface area (Å²) in [6, 6.07) is 25.3. The molecule has 4 heteroatoms. The molecule has 0 spiro atoms. The van der Waals surface area contributed by atoms with Gasteiger partial charge in [0.05, 0.1) is 19.8 Å². The molecule has 0 saturated heterocycles. The van der Waals surface area contributed by atoms with E-state index in [0.29, 0.717) is 6.61 Å². The lowest BCUT2D eigenvalue weighted by atomic mass is 9.94. The van der Waals surface area contributed by atoms with E-state index in [1.807, 2.05) is 12.1 Å².